The van der Waals surface area contributed by atoms with E-state index in [1.165, 1.54) is 9.13 Å². The van der Waals surface area contributed by atoms with E-state index >= 15 is 0 Å². The summed E-state index contributed by atoms with van der Waals surface area (Å²) in [6.45, 7) is 4.48. The number of benzene rings is 1. The molecule has 0 saturated carbocycles. The van der Waals surface area contributed by atoms with Crippen molar-refractivity contribution in [3.63, 3.8) is 0 Å². The summed E-state index contributed by atoms with van der Waals surface area (Å²) in [6, 6.07) is 7.79. The SMILES string of the molecule is CCOCCn1c(=O)c2c([nH]c3[n+]2CCCN3c2cccc(OC)c2)n(C)c1=O. The van der Waals surface area contributed by atoms with Crippen molar-refractivity contribution >= 4 is 22.8 Å². The maximum absolute atomic E-state index is 13.2. The molecule has 0 radical (unpaired) electrons. The Morgan fingerprint density at radius 1 is 1.28 bits per heavy atom. The van der Waals surface area contributed by atoms with Crippen LogP contribution in [0.5, 0.6) is 5.75 Å². The van der Waals surface area contributed by atoms with Crippen LogP contribution in [0.4, 0.5) is 11.6 Å². The number of aromatic amines is 1. The second-order valence-corrected chi connectivity index (χ2v) is 7.00. The molecule has 0 spiro atoms. The van der Waals surface area contributed by atoms with Gasteiger partial charge in [-0.1, -0.05) is 6.07 Å². The van der Waals surface area contributed by atoms with Crippen LogP contribution in [0, 0.1) is 0 Å². The fourth-order valence-corrected chi connectivity index (χ4v) is 3.87. The van der Waals surface area contributed by atoms with Gasteiger partial charge in [0.25, 0.3) is 5.56 Å². The molecule has 2 aromatic heterocycles. The van der Waals surface area contributed by atoms with Crippen LogP contribution in [0.1, 0.15) is 13.3 Å². The Bertz CT molecular complexity index is 1160. The van der Waals surface area contributed by atoms with Crippen LogP contribution < -0.4 is 25.5 Å². The number of hydrogen-bond donors (Lipinski definition) is 1. The van der Waals surface area contributed by atoms with E-state index in [0.29, 0.717) is 30.9 Å². The zero-order valence-electron chi connectivity index (χ0n) is 17.0. The number of methoxy groups -OCH3 is 1. The molecule has 9 nitrogen and oxygen atoms in total. The lowest BCUT2D eigenvalue weighted by atomic mass is 10.2. The summed E-state index contributed by atoms with van der Waals surface area (Å²) >= 11 is 0. The maximum Gasteiger partial charge on any atom is 0.364 e. The smallest absolute Gasteiger partial charge is 0.364 e. The summed E-state index contributed by atoms with van der Waals surface area (Å²) in [5.41, 5.74) is 1.35. The molecule has 9 heteroatoms. The van der Waals surface area contributed by atoms with Crippen LogP contribution >= 0.6 is 0 Å². The van der Waals surface area contributed by atoms with Crippen LogP contribution in [0.15, 0.2) is 33.9 Å². The molecule has 0 unspecified atom stereocenters. The molecule has 0 aliphatic carbocycles. The fraction of sp³-hybridized carbons (Fsp3) is 0.450. The molecular formula is C20H26N5O4+. The van der Waals surface area contributed by atoms with Gasteiger partial charge < -0.3 is 9.47 Å². The molecule has 1 aromatic carbocycles. The number of nitrogens with one attached hydrogen (secondary N) is 1. The largest absolute Gasteiger partial charge is 0.497 e. The Morgan fingerprint density at radius 2 is 2.10 bits per heavy atom. The first-order chi connectivity index (χ1) is 14.1. The number of hydrogen-bond acceptors (Lipinski definition) is 5. The van der Waals surface area contributed by atoms with Gasteiger partial charge in [-0.25, -0.2) is 19.2 Å². The molecule has 4 rings (SSSR count). The van der Waals surface area contributed by atoms with Crippen LogP contribution in [0.2, 0.25) is 0 Å². The van der Waals surface area contributed by atoms with Gasteiger partial charge in [-0.15, -0.1) is 0 Å². The van der Waals surface area contributed by atoms with Crippen molar-refractivity contribution in [3.8, 4) is 5.75 Å². The standard InChI is InChI=1S/C20H25N5O4/c1-4-29-12-11-25-18(26)16-17(22(2)20(25)27)21-19-23(9-6-10-24(16)19)14-7-5-8-15(13-14)28-3/h5,7-8,13H,4,6,9-12H2,1-3H3/p+1. The first-order valence-electron chi connectivity index (χ1n) is 9.81. The Morgan fingerprint density at radius 3 is 2.86 bits per heavy atom. The highest BCUT2D eigenvalue weighted by Crippen LogP contribution is 2.28. The van der Waals surface area contributed by atoms with Gasteiger partial charge in [-0.2, -0.15) is 0 Å². The lowest BCUT2D eigenvalue weighted by molar-refractivity contribution is -0.663. The molecule has 0 saturated heterocycles. The van der Waals surface area contributed by atoms with E-state index < -0.39 is 0 Å². The lowest BCUT2D eigenvalue weighted by Crippen LogP contribution is -2.49. The van der Waals surface area contributed by atoms with Crippen molar-refractivity contribution in [1.82, 2.24) is 14.1 Å². The first-order valence-corrected chi connectivity index (χ1v) is 9.81. The fourth-order valence-electron chi connectivity index (χ4n) is 3.87. The third-order valence-corrected chi connectivity index (χ3v) is 5.33. The van der Waals surface area contributed by atoms with Gasteiger partial charge in [0, 0.05) is 26.1 Å². The highest BCUT2D eigenvalue weighted by Gasteiger charge is 2.33. The predicted molar refractivity (Wildman–Crippen MR) is 109 cm³/mol. The minimum atomic E-state index is -0.352. The molecule has 154 valence electrons. The monoisotopic (exact) mass is 400 g/mol. The van der Waals surface area contributed by atoms with Gasteiger partial charge in [0.05, 0.1) is 33.4 Å². The number of ether oxygens (including phenoxy) is 2. The first kappa shape index (κ1) is 19.3. The Balaban J connectivity index is 1.88. The number of fused-ring (bicyclic) bond motifs is 3. The molecule has 0 fully saturated rings. The summed E-state index contributed by atoms with van der Waals surface area (Å²) in [6.07, 6.45) is 0.878. The minimum absolute atomic E-state index is 0.232. The number of imidazole rings is 1. The van der Waals surface area contributed by atoms with Gasteiger partial charge in [0.15, 0.2) is 0 Å². The van der Waals surface area contributed by atoms with E-state index in [1.54, 1.807) is 14.2 Å². The lowest BCUT2D eigenvalue weighted by Gasteiger charge is -2.22. The van der Waals surface area contributed by atoms with Crippen LogP contribution in [-0.4, -0.2) is 41.0 Å². The molecule has 1 N–H and O–H groups in total. The number of aromatic nitrogens is 4. The number of aryl methyl sites for hydroxylation is 2. The third-order valence-electron chi connectivity index (χ3n) is 5.33. The molecule has 3 aromatic rings. The van der Waals surface area contributed by atoms with Gasteiger partial charge >= 0.3 is 11.6 Å². The zero-order valence-corrected chi connectivity index (χ0v) is 17.0. The van der Waals surface area contributed by atoms with E-state index in [-0.39, 0.29) is 17.8 Å². The highest BCUT2D eigenvalue weighted by atomic mass is 16.5. The normalized spacial score (nSPS) is 13.7. The Labute approximate surface area is 167 Å². The Kier molecular flexibility index (Phi) is 5.14. The molecule has 0 bridgehead atoms. The second-order valence-electron chi connectivity index (χ2n) is 7.00. The van der Waals surface area contributed by atoms with Gasteiger partial charge in [-0.3, -0.25) is 13.9 Å². The predicted octanol–water partition coefficient (Wildman–Crippen LogP) is 0.903. The minimum Gasteiger partial charge on any atom is -0.497 e. The molecule has 3 heterocycles. The number of anilines is 2. The summed E-state index contributed by atoms with van der Waals surface area (Å²) in [5, 5.41) is 0. The molecule has 0 amide bonds. The molecular weight excluding hydrogens is 374 g/mol. The quantitative estimate of drug-likeness (QED) is 0.491. The topological polar surface area (TPSA) is 85.4 Å². The Hall–Kier alpha value is -3.07. The van der Waals surface area contributed by atoms with Gasteiger partial charge in [-0.05, 0) is 19.1 Å². The van der Waals surface area contributed by atoms with E-state index in [2.05, 4.69) is 9.88 Å². The summed E-state index contributed by atoms with van der Waals surface area (Å²) in [4.78, 5) is 31.4. The highest BCUT2D eigenvalue weighted by molar-refractivity contribution is 5.70. The van der Waals surface area contributed by atoms with Crippen LogP contribution in [-0.2, 0) is 24.9 Å². The third kappa shape index (κ3) is 3.21. The van der Waals surface area contributed by atoms with E-state index in [1.807, 2.05) is 35.8 Å². The van der Waals surface area contributed by atoms with Crippen molar-refractivity contribution in [1.29, 1.82) is 0 Å². The van der Waals surface area contributed by atoms with Crippen LogP contribution in [0.25, 0.3) is 11.2 Å². The zero-order chi connectivity index (χ0) is 20.5. The van der Waals surface area contributed by atoms with Crippen molar-refractivity contribution in [2.24, 2.45) is 7.05 Å². The number of nitrogens with zero attached hydrogens (tertiary/aromatic N) is 4. The van der Waals surface area contributed by atoms with E-state index in [0.717, 1.165) is 30.4 Å². The molecule has 1 aliphatic heterocycles. The molecule has 29 heavy (non-hydrogen) atoms. The average molecular weight is 400 g/mol. The van der Waals surface area contributed by atoms with Gasteiger partial charge in [0.1, 0.15) is 11.4 Å². The van der Waals surface area contributed by atoms with Crippen molar-refractivity contribution in [3.05, 3.63) is 45.1 Å². The number of rotatable bonds is 6. The summed E-state index contributed by atoms with van der Waals surface area (Å²) < 4.78 is 15.4. The number of H-pyrrole nitrogens is 1. The van der Waals surface area contributed by atoms with Crippen molar-refractivity contribution < 1.29 is 14.0 Å². The molecule has 1 aliphatic rings. The van der Waals surface area contributed by atoms with Crippen molar-refractivity contribution in [2.75, 3.05) is 31.8 Å². The van der Waals surface area contributed by atoms with E-state index in [4.69, 9.17) is 9.47 Å². The average Bonchev–Trinajstić information content (AvgIpc) is 3.14. The van der Waals surface area contributed by atoms with Crippen molar-refractivity contribution in [2.45, 2.75) is 26.4 Å². The maximum atomic E-state index is 13.2. The van der Waals surface area contributed by atoms with Gasteiger partial charge in [0.2, 0.25) is 11.2 Å². The van der Waals surface area contributed by atoms with E-state index in [9.17, 15) is 9.59 Å². The summed E-state index contributed by atoms with van der Waals surface area (Å²) in [5.74, 6) is 1.55. The summed E-state index contributed by atoms with van der Waals surface area (Å²) in [7, 11) is 3.32. The van der Waals surface area contributed by atoms with Crippen LogP contribution in [0.3, 0.4) is 0 Å². The second kappa shape index (κ2) is 7.75. The molecule has 0 atom stereocenters.